The molecule has 0 unspecified atom stereocenters. The average Bonchev–Trinajstić information content (AvgIpc) is 2.75. The summed E-state index contributed by atoms with van der Waals surface area (Å²) in [5, 5.41) is 5.30. The Balaban J connectivity index is 1.80. The molecule has 2 rings (SSSR count). The highest BCUT2D eigenvalue weighted by Gasteiger charge is 2.16. The lowest BCUT2D eigenvalue weighted by atomic mass is 9.87. The van der Waals surface area contributed by atoms with E-state index in [1.54, 1.807) is 12.1 Å². The van der Waals surface area contributed by atoms with Crippen LogP contribution in [0.5, 0.6) is 0 Å². The summed E-state index contributed by atoms with van der Waals surface area (Å²) >= 11 is 0. The Kier molecular flexibility index (Phi) is 8.37. The third kappa shape index (κ3) is 7.24. The van der Waals surface area contributed by atoms with E-state index in [1.165, 1.54) is 0 Å². The highest BCUT2D eigenvalue weighted by atomic mass is 16.5. The SMILES string of the molecule is CC[C@H](C)c1ccccc1NC(=O)COC(=O)CNC(=O)c1ccc(C(C)(C)C)cc1. The predicted molar refractivity (Wildman–Crippen MR) is 122 cm³/mol. The number of hydrogen-bond donors (Lipinski definition) is 2. The molecule has 0 aromatic heterocycles. The molecule has 6 nitrogen and oxygen atoms in total. The fraction of sp³-hybridized carbons (Fsp3) is 0.400. The Morgan fingerprint density at radius 2 is 1.65 bits per heavy atom. The molecule has 2 aromatic rings. The summed E-state index contributed by atoms with van der Waals surface area (Å²) < 4.78 is 4.99. The number of nitrogens with one attached hydrogen (secondary N) is 2. The van der Waals surface area contributed by atoms with Gasteiger partial charge in [0.2, 0.25) is 0 Å². The highest BCUT2D eigenvalue weighted by Crippen LogP contribution is 2.26. The van der Waals surface area contributed by atoms with E-state index in [9.17, 15) is 14.4 Å². The van der Waals surface area contributed by atoms with Crippen molar-refractivity contribution in [3.05, 3.63) is 65.2 Å². The van der Waals surface area contributed by atoms with E-state index in [4.69, 9.17) is 4.74 Å². The maximum atomic E-state index is 12.2. The zero-order chi connectivity index (χ0) is 23.0. The number of benzene rings is 2. The molecule has 0 radical (unpaired) electrons. The first-order chi connectivity index (χ1) is 14.6. The number of para-hydroxylation sites is 1. The van der Waals surface area contributed by atoms with Gasteiger partial charge in [0, 0.05) is 11.3 Å². The van der Waals surface area contributed by atoms with E-state index < -0.39 is 18.5 Å². The predicted octanol–water partition coefficient (Wildman–Crippen LogP) is 4.41. The van der Waals surface area contributed by atoms with Gasteiger partial charge in [-0.1, -0.05) is 65.0 Å². The van der Waals surface area contributed by atoms with Crippen molar-refractivity contribution in [3.63, 3.8) is 0 Å². The topological polar surface area (TPSA) is 84.5 Å². The Morgan fingerprint density at radius 3 is 2.26 bits per heavy atom. The van der Waals surface area contributed by atoms with Crippen molar-refractivity contribution in [2.45, 2.75) is 52.4 Å². The number of anilines is 1. The van der Waals surface area contributed by atoms with Crippen LogP contribution in [0.25, 0.3) is 0 Å². The molecule has 0 aliphatic carbocycles. The lowest BCUT2D eigenvalue weighted by Gasteiger charge is -2.19. The van der Waals surface area contributed by atoms with Gasteiger partial charge in [-0.05, 0) is 47.1 Å². The van der Waals surface area contributed by atoms with Gasteiger partial charge in [0.1, 0.15) is 6.54 Å². The minimum atomic E-state index is -0.676. The van der Waals surface area contributed by atoms with Gasteiger partial charge in [0.05, 0.1) is 0 Å². The van der Waals surface area contributed by atoms with Gasteiger partial charge in [-0.2, -0.15) is 0 Å². The van der Waals surface area contributed by atoms with Gasteiger partial charge in [0.25, 0.3) is 11.8 Å². The maximum Gasteiger partial charge on any atom is 0.325 e. The summed E-state index contributed by atoms with van der Waals surface area (Å²) in [4.78, 5) is 36.3. The smallest absolute Gasteiger partial charge is 0.325 e. The average molecular weight is 425 g/mol. The van der Waals surface area contributed by atoms with E-state index in [0.29, 0.717) is 17.2 Å². The minimum Gasteiger partial charge on any atom is -0.454 e. The molecule has 0 saturated carbocycles. The lowest BCUT2D eigenvalue weighted by Crippen LogP contribution is -2.32. The molecule has 0 bridgehead atoms. The summed E-state index contributed by atoms with van der Waals surface area (Å²) in [5.41, 5.74) is 3.32. The standard InChI is InChI=1S/C25H32N2O4/c1-6-17(2)20-9-7-8-10-21(20)27-22(28)16-31-23(29)15-26-24(30)18-11-13-19(14-12-18)25(3,4)5/h7-14,17H,6,15-16H2,1-5H3,(H,26,30)(H,27,28)/t17-/m0/s1. The molecule has 0 fully saturated rings. The molecule has 0 spiro atoms. The number of ether oxygens (including phenoxy) is 1. The second-order valence-electron chi connectivity index (χ2n) is 8.62. The van der Waals surface area contributed by atoms with Crippen molar-refractivity contribution in [2.24, 2.45) is 0 Å². The van der Waals surface area contributed by atoms with Crippen molar-refractivity contribution in [3.8, 4) is 0 Å². The van der Waals surface area contributed by atoms with Crippen LogP contribution in [0.3, 0.4) is 0 Å². The van der Waals surface area contributed by atoms with E-state index in [0.717, 1.165) is 17.5 Å². The summed E-state index contributed by atoms with van der Waals surface area (Å²) in [6.07, 6.45) is 0.945. The summed E-state index contributed by atoms with van der Waals surface area (Å²) in [6, 6.07) is 14.8. The van der Waals surface area contributed by atoms with Crippen molar-refractivity contribution in [1.29, 1.82) is 0 Å². The molecular weight excluding hydrogens is 392 g/mol. The molecule has 1 atom stereocenters. The fourth-order valence-electron chi connectivity index (χ4n) is 3.02. The molecule has 6 heteroatoms. The normalized spacial score (nSPS) is 12.0. The maximum absolute atomic E-state index is 12.2. The van der Waals surface area contributed by atoms with Crippen molar-refractivity contribution < 1.29 is 19.1 Å². The van der Waals surface area contributed by atoms with Gasteiger partial charge in [-0.15, -0.1) is 0 Å². The second kappa shape index (κ2) is 10.8. The highest BCUT2D eigenvalue weighted by molar-refractivity contribution is 5.96. The third-order valence-corrected chi connectivity index (χ3v) is 5.15. The molecular formula is C25H32N2O4. The number of carbonyl (C=O) groups is 3. The van der Waals surface area contributed by atoms with Gasteiger partial charge >= 0.3 is 5.97 Å². The van der Waals surface area contributed by atoms with Crippen LogP contribution in [0.1, 0.15) is 68.4 Å². The molecule has 0 aliphatic rings. The fourth-order valence-corrected chi connectivity index (χ4v) is 3.02. The van der Waals surface area contributed by atoms with Gasteiger partial charge in [-0.3, -0.25) is 14.4 Å². The molecule has 0 aliphatic heterocycles. The first-order valence-corrected chi connectivity index (χ1v) is 10.5. The van der Waals surface area contributed by atoms with Crippen molar-refractivity contribution in [2.75, 3.05) is 18.5 Å². The van der Waals surface area contributed by atoms with Crippen LogP contribution in [-0.4, -0.2) is 30.9 Å². The van der Waals surface area contributed by atoms with Crippen LogP contribution < -0.4 is 10.6 Å². The van der Waals surface area contributed by atoms with E-state index in [1.807, 2.05) is 36.4 Å². The van der Waals surface area contributed by atoms with Crippen LogP contribution >= 0.6 is 0 Å². The number of hydrogen-bond acceptors (Lipinski definition) is 4. The van der Waals surface area contributed by atoms with Gasteiger partial charge < -0.3 is 15.4 Å². The van der Waals surface area contributed by atoms with E-state index >= 15 is 0 Å². The molecule has 166 valence electrons. The molecule has 2 aromatic carbocycles. The third-order valence-electron chi connectivity index (χ3n) is 5.15. The summed E-state index contributed by atoms with van der Waals surface area (Å²) in [5.74, 6) is -1.17. The van der Waals surface area contributed by atoms with Gasteiger partial charge in [-0.25, -0.2) is 0 Å². The molecule has 2 N–H and O–H groups in total. The van der Waals surface area contributed by atoms with Crippen LogP contribution in [-0.2, 0) is 19.7 Å². The summed E-state index contributed by atoms with van der Waals surface area (Å²) in [7, 11) is 0. The Morgan fingerprint density at radius 1 is 1.00 bits per heavy atom. The second-order valence-corrected chi connectivity index (χ2v) is 8.62. The zero-order valence-electron chi connectivity index (χ0n) is 19.0. The molecule has 2 amide bonds. The minimum absolute atomic E-state index is 0.00548. The number of rotatable bonds is 8. The van der Waals surface area contributed by atoms with Crippen LogP contribution in [0.4, 0.5) is 5.69 Å². The Labute approximate surface area is 184 Å². The van der Waals surface area contributed by atoms with Crippen LogP contribution in [0.2, 0.25) is 0 Å². The lowest BCUT2D eigenvalue weighted by molar-refractivity contribution is -0.146. The van der Waals surface area contributed by atoms with Crippen LogP contribution in [0.15, 0.2) is 48.5 Å². The Hall–Kier alpha value is -3.15. The monoisotopic (exact) mass is 424 g/mol. The van der Waals surface area contributed by atoms with Gasteiger partial charge in [0.15, 0.2) is 6.61 Å². The summed E-state index contributed by atoms with van der Waals surface area (Å²) in [6.45, 7) is 9.73. The number of esters is 1. The molecule has 0 heterocycles. The van der Waals surface area contributed by atoms with E-state index in [2.05, 4.69) is 45.3 Å². The zero-order valence-corrected chi connectivity index (χ0v) is 19.0. The van der Waals surface area contributed by atoms with Crippen molar-refractivity contribution >= 4 is 23.5 Å². The van der Waals surface area contributed by atoms with Crippen molar-refractivity contribution in [1.82, 2.24) is 5.32 Å². The number of amides is 2. The van der Waals surface area contributed by atoms with Crippen LogP contribution in [0, 0.1) is 0 Å². The number of carbonyl (C=O) groups excluding carboxylic acids is 3. The largest absolute Gasteiger partial charge is 0.454 e. The Bertz CT molecular complexity index is 914. The first-order valence-electron chi connectivity index (χ1n) is 10.5. The molecule has 31 heavy (non-hydrogen) atoms. The first kappa shape index (κ1) is 24.1. The molecule has 0 saturated heterocycles. The quantitative estimate of drug-likeness (QED) is 0.615. The van der Waals surface area contributed by atoms with E-state index in [-0.39, 0.29) is 17.9 Å².